The molecular formula is C32H46Cl2MgN2O6S2. The van der Waals surface area contributed by atoms with Gasteiger partial charge >= 0.3 is 23.1 Å². The van der Waals surface area contributed by atoms with Crippen LogP contribution in [-0.4, -0.2) is 81.3 Å². The van der Waals surface area contributed by atoms with Crippen LogP contribution in [0.2, 0.25) is 0 Å². The van der Waals surface area contributed by atoms with Crippen LogP contribution in [-0.2, 0) is 19.3 Å². The van der Waals surface area contributed by atoms with Crippen LogP contribution in [0, 0.1) is 11.8 Å². The zero-order valence-electron chi connectivity index (χ0n) is 27.3. The summed E-state index contributed by atoms with van der Waals surface area (Å²) in [6.45, 7) is 12.2. The molecule has 8 nitrogen and oxygen atoms in total. The maximum absolute atomic E-state index is 12.2. The average molecular weight is 714 g/mol. The van der Waals surface area contributed by atoms with Crippen LogP contribution in [0.4, 0.5) is 0 Å². The van der Waals surface area contributed by atoms with Crippen LogP contribution < -0.4 is 10.2 Å². The second kappa shape index (κ2) is 25.0. The number of rotatable bonds is 16. The van der Waals surface area contributed by atoms with Crippen molar-refractivity contribution in [1.82, 2.24) is 0 Å². The number of thioether (sulfide) groups is 2. The van der Waals surface area contributed by atoms with Crippen LogP contribution in [0.5, 0.6) is 0 Å². The van der Waals surface area contributed by atoms with Crippen molar-refractivity contribution in [3.05, 3.63) is 45.9 Å². The number of hydrogen-bond acceptors (Lipinski definition) is 10. The summed E-state index contributed by atoms with van der Waals surface area (Å²) < 4.78 is 0. The van der Waals surface area contributed by atoms with Crippen LogP contribution >= 0.6 is 46.7 Å². The summed E-state index contributed by atoms with van der Waals surface area (Å²) in [5, 5.41) is 33.1. The van der Waals surface area contributed by atoms with E-state index in [2.05, 4.69) is 38.0 Å². The zero-order valence-corrected chi connectivity index (χ0v) is 31.9. The normalized spacial score (nSPS) is 21.1. The number of allylic oxidation sites excluding steroid dienone is 4. The summed E-state index contributed by atoms with van der Waals surface area (Å²) in [7, 11) is 0. The predicted molar refractivity (Wildman–Crippen MR) is 188 cm³/mol. The first kappa shape index (κ1) is 43.9. The van der Waals surface area contributed by atoms with Crippen molar-refractivity contribution in [2.75, 3.05) is 24.7 Å². The van der Waals surface area contributed by atoms with Gasteiger partial charge in [0.2, 0.25) is 0 Å². The van der Waals surface area contributed by atoms with Crippen molar-refractivity contribution in [2.45, 2.75) is 90.6 Å². The Kier molecular flexibility index (Phi) is 24.4. The Morgan fingerprint density at radius 2 is 1.16 bits per heavy atom. The molecule has 0 heterocycles. The molecule has 0 aliphatic heterocycles. The van der Waals surface area contributed by atoms with E-state index in [9.17, 15) is 19.8 Å². The van der Waals surface area contributed by atoms with E-state index in [-0.39, 0.29) is 82.3 Å². The summed E-state index contributed by atoms with van der Waals surface area (Å²) in [6.07, 6.45) is 6.64. The number of carbonyl (C=O) groups is 2. The topological polar surface area (TPSA) is 123 Å². The van der Waals surface area contributed by atoms with Gasteiger partial charge in [-0.2, -0.15) is 23.5 Å². The fraction of sp³-hybridized carbons (Fsp3) is 0.625. The molecule has 0 aromatic rings. The minimum atomic E-state index is -0.118. The Balaban J connectivity index is 0.000000842. The summed E-state index contributed by atoms with van der Waals surface area (Å²) in [5.74, 6) is 1.91. The largest absolute Gasteiger partial charge is 2.00 e. The van der Waals surface area contributed by atoms with E-state index in [1.54, 1.807) is 26.0 Å². The van der Waals surface area contributed by atoms with Gasteiger partial charge < -0.3 is 19.9 Å². The molecule has 0 aromatic carbocycles. The quantitative estimate of drug-likeness (QED) is 0.0810. The smallest absolute Gasteiger partial charge is 0.875 e. The second-order valence-corrected chi connectivity index (χ2v) is 14.6. The fourth-order valence-corrected chi connectivity index (χ4v) is 7.32. The molecule has 0 N–H and O–H groups in total. The Morgan fingerprint density at radius 1 is 0.800 bits per heavy atom. The van der Waals surface area contributed by atoms with E-state index >= 15 is 0 Å². The van der Waals surface area contributed by atoms with Crippen molar-refractivity contribution in [3.8, 4) is 0 Å². The van der Waals surface area contributed by atoms with Crippen LogP contribution in [0.3, 0.4) is 0 Å². The number of ketones is 2. The van der Waals surface area contributed by atoms with Crippen molar-refractivity contribution in [2.24, 2.45) is 22.1 Å². The molecule has 0 fully saturated rings. The number of Topliss-reactive ketones (excluding diaryl/α,β-unsaturated/α-hetero) is 2. The van der Waals surface area contributed by atoms with Crippen molar-refractivity contribution in [3.63, 3.8) is 0 Å². The van der Waals surface area contributed by atoms with Gasteiger partial charge in [-0.05, 0) is 75.0 Å². The van der Waals surface area contributed by atoms with E-state index in [1.807, 2.05) is 23.5 Å². The molecule has 13 heteroatoms. The number of nitrogens with zero attached hydrogens (tertiary/aromatic N) is 2. The molecule has 0 saturated heterocycles. The number of carbonyl (C=O) groups excluding carboxylic acids is 2. The number of oxime groups is 2. The molecule has 0 amide bonds. The molecule has 0 spiro atoms. The van der Waals surface area contributed by atoms with Gasteiger partial charge in [-0.25, -0.2) is 0 Å². The Bertz CT molecular complexity index is 1040. The van der Waals surface area contributed by atoms with E-state index in [4.69, 9.17) is 32.9 Å². The Labute approximate surface area is 303 Å². The monoisotopic (exact) mass is 712 g/mol. The third-order valence-corrected chi connectivity index (χ3v) is 9.44. The molecular weight excluding hydrogens is 668 g/mol. The first-order valence-corrected chi connectivity index (χ1v) is 17.9. The van der Waals surface area contributed by atoms with Crippen molar-refractivity contribution < 1.29 is 29.5 Å². The summed E-state index contributed by atoms with van der Waals surface area (Å²) >= 11 is 14.5. The van der Waals surface area contributed by atoms with E-state index in [1.165, 1.54) is 11.1 Å². The van der Waals surface area contributed by atoms with Gasteiger partial charge in [0.05, 0.1) is 11.4 Å². The zero-order chi connectivity index (χ0) is 33.1. The SMILES string of the molecule is CCSC(C)CC1CC(=O)C(C(C)=NOC/C=C/Cl)=C([O-])C1.CCSC(C)CC1CC(=O)C(C(C)=NOC/C=C/Cl)=C([O-])C1.[Mg+2]. The minimum absolute atomic E-state index is 0. The summed E-state index contributed by atoms with van der Waals surface area (Å²) in [6, 6.07) is 0. The fourth-order valence-electron chi connectivity index (χ4n) is 5.21. The number of halogens is 2. The van der Waals surface area contributed by atoms with Crippen LogP contribution in [0.25, 0.3) is 0 Å². The molecule has 0 radical (unpaired) electrons. The predicted octanol–water partition coefficient (Wildman–Crippen LogP) is 6.13. The standard InChI is InChI=1S/2C16H24ClNO3S.Mg/c2*1-4-22-11(2)8-13-9-14(19)16(15(20)10-13)12(3)18-21-7-5-6-17;/h2*5-6,11,13,19H,4,7-10H2,1-3H3;/q;;+2/p-2/b2*6-5+,18-12?;. The van der Waals surface area contributed by atoms with Gasteiger partial charge in [-0.15, -0.1) is 11.5 Å². The summed E-state index contributed by atoms with van der Waals surface area (Å²) in [4.78, 5) is 34.5. The van der Waals surface area contributed by atoms with Crippen LogP contribution in [0.15, 0.2) is 56.2 Å². The molecule has 4 atom stereocenters. The van der Waals surface area contributed by atoms with E-state index in [0.717, 1.165) is 24.3 Å². The molecule has 248 valence electrons. The maximum Gasteiger partial charge on any atom is 2.00 e. The Morgan fingerprint density at radius 3 is 1.44 bits per heavy atom. The van der Waals surface area contributed by atoms with Gasteiger partial charge in [0.15, 0.2) is 11.6 Å². The van der Waals surface area contributed by atoms with Gasteiger partial charge in [0.1, 0.15) is 13.2 Å². The third kappa shape index (κ3) is 17.0. The van der Waals surface area contributed by atoms with Gasteiger partial charge in [-0.3, -0.25) is 9.59 Å². The van der Waals surface area contributed by atoms with Gasteiger partial charge in [0.25, 0.3) is 0 Å². The molecule has 0 saturated carbocycles. The molecule has 2 aliphatic rings. The third-order valence-electron chi connectivity index (χ3n) is 6.89. The maximum atomic E-state index is 12.2. The molecule has 4 unspecified atom stereocenters. The van der Waals surface area contributed by atoms with Crippen molar-refractivity contribution >= 4 is 92.8 Å². The summed E-state index contributed by atoms with van der Waals surface area (Å²) in [5.41, 5.74) is 3.76. The van der Waals surface area contributed by atoms with Crippen molar-refractivity contribution in [1.29, 1.82) is 0 Å². The first-order chi connectivity index (χ1) is 21.0. The van der Waals surface area contributed by atoms with Gasteiger partial charge in [-0.1, -0.05) is 61.2 Å². The van der Waals surface area contributed by atoms with E-state index in [0.29, 0.717) is 47.6 Å². The molecule has 2 aliphatic carbocycles. The Hall–Kier alpha value is -1.11. The first-order valence-electron chi connectivity index (χ1n) is 14.9. The molecule has 0 aromatic heterocycles. The second-order valence-electron chi connectivity index (χ2n) is 10.7. The van der Waals surface area contributed by atoms with E-state index < -0.39 is 0 Å². The molecule has 45 heavy (non-hydrogen) atoms. The van der Waals surface area contributed by atoms with Gasteiger partial charge in [0, 0.05) is 45.6 Å². The number of hydrogen-bond donors (Lipinski definition) is 0. The molecule has 0 bridgehead atoms. The minimum Gasteiger partial charge on any atom is -0.875 e. The van der Waals surface area contributed by atoms with Crippen LogP contribution in [0.1, 0.15) is 80.1 Å². The average Bonchev–Trinajstić information content (AvgIpc) is 2.93. The molecule has 2 rings (SSSR count).